The number of amides is 1. The minimum Gasteiger partial charge on any atom is -0.373 e. The number of fused-ring (bicyclic) bond motifs is 5. The molecule has 3 fully saturated rings. The van der Waals surface area contributed by atoms with Gasteiger partial charge in [-0.3, -0.25) is 4.79 Å². The molecule has 33 heavy (non-hydrogen) atoms. The highest BCUT2D eigenvalue weighted by Crippen LogP contribution is 2.62. The fourth-order valence-corrected chi connectivity index (χ4v) is 7.80. The fourth-order valence-electron chi connectivity index (χ4n) is 7.80. The SMILES string of the molecule is C[C@@]12CC[C@H](C(=O)NC3CC(OCc4ccccc4)C3)[C@H]1[C@@H]1CCc3ccccc3[C@H]1CC2. The van der Waals surface area contributed by atoms with Gasteiger partial charge in [-0.25, -0.2) is 0 Å². The number of carbonyl (C=O) groups excluding carboxylic acids is 1. The summed E-state index contributed by atoms with van der Waals surface area (Å²) in [7, 11) is 0. The van der Waals surface area contributed by atoms with Crippen LogP contribution in [0.3, 0.4) is 0 Å². The molecule has 0 unspecified atom stereocenters. The van der Waals surface area contributed by atoms with Gasteiger partial charge in [-0.2, -0.15) is 0 Å². The number of benzene rings is 2. The van der Waals surface area contributed by atoms with E-state index in [-0.39, 0.29) is 18.1 Å². The zero-order valence-corrected chi connectivity index (χ0v) is 19.8. The van der Waals surface area contributed by atoms with Gasteiger partial charge < -0.3 is 10.1 Å². The molecular weight excluding hydrogens is 406 g/mol. The van der Waals surface area contributed by atoms with Crippen LogP contribution in [0.1, 0.15) is 74.5 Å². The molecule has 1 amide bonds. The molecule has 0 bridgehead atoms. The second-order valence-electron chi connectivity index (χ2n) is 11.5. The summed E-state index contributed by atoms with van der Waals surface area (Å²) < 4.78 is 6.06. The van der Waals surface area contributed by atoms with E-state index in [2.05, 4.69) is 60.8 Å². The Hall–Kier alpha value is -2.13. The number of rotatable bonds is 5. The number of hydrogen-bond acceptors (Lipinski definition) is 2. The van der Waals surface area contributed by atoms with Crippen LogP contribution in [-0.4, -0.2) is 18.1 Å². The highest BCUT2D eigenvalue weighted by atomic mass is 16.5. The van der Waals surface area contributed by atoms with Crippen LogP contribution in [-0.2, 0) is 22.6 Å². The first-order chi connectivity index (χ1) is 16.1. The lowest BCUT2D eigenvalue weighted by Crippen LogP contribution is -2.51. The first-order valence-corrected chi connectivity index (χ1v) is 13.1. The Morgan fingerprint density at radius 1 is 1.00 bits per heavy atom. The Bertz CT molecular complexity index is 997. The third-order valence-electron chi connectivity index (χ3n) is 9.58. The smallest absolute Gasteiger partial charge is 0.223 e. The van der Waals surface area contributed by atoms with Crippen molar-refractivity contribution in [3.63, 3.8) is 0 Å². The van der Waals surface area contributed by atoms with E-state index in [1.807, 2.05) is 6.07 Å². The zero-order valence-electron chi connectivity index (χ0n) is 19.8. The summed E-state index contributed by atoms with van der Waals surface area (Å²) in [6, 6.07) is 19.7. The normalized spacial score (nSPS) is 36.8. The molecule has 0 spiro atoms. The molecule has 2 aromatic rings. The quantitative estimate of drug-likeness (QED) is 0.613. The van der Waals surface area contributed by atoms with E-state index in [0.717, 1.165) is 19.3 Å². The maximum absolute atomic E-state index is 13.5. The number of nitrogens with one attached hydrogen (secondary N) is 1. The molecule has 6 rings (SSSR count). The molecule has 1 N–H and O–H groups in total. The zero-order chi connectivity index (χ0) is 22.4. The second-order valence-corrected chi connectivity index (χ2v) is 11.5. The van der Waals surface area contributed by atoms with Gasteiger partial charge in [0.25, 0.3) is 0 Å². The number of aryl methyl sites for hydroxylation is 1. The summed E-state index contributed by atoms with van der Waals surface area (Å²) in [5.41, 5.74) is 4.70. The summed E-state index contributed by atoms with van der Waals surface area (Å²) in [5, 5.41) is 3.43. The summed E-state index contributed by atoms with van der Waals surface area (Å²) in [6.45, 7) is 3.15. The standard InChI is InChI=1S/C30H37NO2/c1-30-15-13-25-24-10-6-5-9-21(24)11-12-26(25)28(30)27(14-16-30)29(32)31-22-17-23(18-22)33-19-20-7-3-2-4-8-20/h2-10,22-23,25-28H,11-19H2,1H3,(H,31,32)/t22?,23?,25-,26-,27+,28-,30-/m1/s1. The van der Waals surface area contributed by atoms with Crippen LogP contribution in [0.5, 0.6) is 0 Å². The van der Waals surface area contributed by atoms with Gasteiger partial charge in [0.1, 0.15) is 0 Å². The molecular formula is C30H37NO2. The van der Waals surface area contributed by atoms with E-state index in [0.29, 0.717) is 35.7 Å². The van der Waals surface area contributed by atoms with Gasteiger partial charge in [0.2, 0.25) is 5.91 Å². The van der Waals surface area contributed by atoms with Crippen molar-refractivity contribution in [3.8, 4) is 0 Å². The van der Waals surface area contributed by atoms with Gasteiger partial charge in [0.05, 0.1) is 12.7 Å². The minimum absolute atomic E-state index is 0.192. The molecule has 3 heteroatoms. The van der Waals surface area contributed by atoms with Crippen LogP contribution in [0, 0.1) is 23.2 Å². The molecule has 0 aromatic heterocycles. The van der Waals surface area contributed by atoms with Crippen molar-refractivity contribution in [2.24, 2.45) is 23.2 Å². The first kappa shape index (κ1) is 21.4. The third kappa shape index (κ3) is 3.93. The van der Waals surface area contributed by atoms with Crippen LogP contribution in [0.4, 0.5) is 0 Å². The maximum atomic E-state index is 13.5. The number of carbonyl (C=O) groups is 1. The van der Waals surface area contributed by atoms with Crippen LogP contribution in [0.25, 0.3) is 0 Å². The second kappa shape index (κ2) is 8.58. The molecule has 174 valence electrons. The predicted octanol–water partition coefficient (Wildman–Crippen LogP) is 6.02. The maximum Gasteiger partial charge on any atom is 0.223 e. The van der Waals surface area contributed by atoms with Crippen molar-refractivity contribution >= 4 is 5.91 Å². The Balaban J connectivity index is 1.08. The van der Waals surface area contributed by atoms with Crippen molar-refractivity contribution in [2.75, 3.05) is 0 Å². The summed E-state index contributed by atoms with van der Waals surface area (Å²) in [4.78, 5) is 13.5. The molecule has 2 aromatic carbocycles. The van der Waals surface area contributed by atoms with Crippen molar-refractivity contribution in [1.29, 1.82) is 0 Å². The lowest BCUT2D eigenvalue weighted by atomic mass is 9.54. The summed E-state index contributed by atoms with van der Waals surface area (Å²) in [5.74, 6) is 2.38. The molecule has 3 saturated carbocycles. The van der Waals surface area contributed by atoms with E-state index in [4.69, 9.17) is 4.74 Å². The van der Waals surface area contributed by atoms with E-state index in [1.54, 1.807) is 11.1 Å². The Labute approximate surface area is 198 Å². The van der Waals surface area contributed by atoms with E-state index in [1.165, 1.54) is 37.7 Å². The van der Waals surface area contributed by atoms with Crippen molar-refractivity contribution in [3.05, 3.63) is 71.3 Å². The highest BCUT2D eigenvalue weighted by Gasteiger charge is 2.56. The van der Waals surface area contributed by atoms with Gasteiger partial charge in [0, 0.05) is 12.0 Å². The Morgan fingerprint density at radius 2 is 1.76 bits per heavy atom. The van der Waals surface area contributed by atoms with Gasteiger partial charge in [0.15, 0.2) is 0 Å². The minimum atomic E-state index is 0.192. The van der Waals surface area contributed by atoms with E-state index in [9.17, 15) is 4.79 Å². The topological polar surface area (TPSA) is 38.3 Å². The van der Waals surface area contributed by atoms with Crippen LogP contribution < -0.4 is 5.32 Å². The Kier molecular flexibility index (Phi) is 5.57. The number of hydrogen-bond donors (Lipinski definition) is 1. The van der Waals surface area contributed by atoms with Crippen molar-refractivity contribution in [1.82, 2.24) is 5.32 Å². The van der Waals surface area contributed by atoms with Crippen LogP contribution in [0.15, 0.2) is 54.6 Å². The molecule has 0 aliphatic heterocycles. The molecule has 0 radical (unpaired) electrons. The van der Waals surface area contributed by atoms with Gasteiger partial charge in [-0.15, -0.1) is 0 Å². The lowest BCUT2D eigenvalue weighted by molar-refractivity contribution is -0.131. The first-order valence-electron chi connectivity index (χ1n) is 13.1. The van der Waals surface area contributed by atoms with E-state index < -0.39 is 0 Å². The van der Waals surface area contributed by atoms with Gasteiger partial charge in [-0.1, -0.05) is 61.5 Å². The van der Waals surface area contributed by atoms with E-state index >= 15 is 0 Å². The lowest BCUT2D eigenvalue weighted by Gasteiger charge is -2.50. The highest BCUT2D eigenvalue weighted by molar-refractivity contribution is 5.80. The summed E-state index contributed by atoms with van der Waals surface area (Å²) in [6.07, 6.45) is 9.47. The molecule has 5 atom stereocenters. The van der Waals surface area contributed by atoms with Crippen LogP contribution >= 0.6 is 0 Å². The molecule has 4 aliphatic carbocycles. The average Bonchev–Trinajstić information content (AvgIpc) is 3.18. The van der Waals surface area contributed by atoms with Gasteiger partial charge >= 0.3 is 0 Å². The molecule has 0 heterocycles. The third-order valence-corrected chi connectivity index (χ3v) is 9.58. The summed E-state index contributed by atoms with van der Waals surface area (Å²) >= 11 is 0. The largest absolute Gasteiger partial charge is 0.373 e. The molecule has 3 nitrogen and oxygen atoms in total. The number of ether oxygens (including phenoxy) is 1. The monoisotopic (exact) mass is 443 g/mol. The van der Waals surface area contributed by atoms with Crippen molar-refractivity contribution < 1.29 is 9.53 Å². The molecule has 0 saturated heterocycles. The predicted molar refractivity (Wildman–Crippen MR) is 131 cm³/mol. The van der Waals surface area contributed by atoms with Crippen LogP contribution in [0.2, 0.25) is 0 Å². The fraction of sp³-hybridized carbons (Fsp3) is 0.567. The van der Waals surface area contributed by atoms with Gasteiger partial charge in [-0.05, 0) is 91.2 Å². The Morgan fingerprint density at radius 3 is 2.61 bits per heavy atom. The van der Waals surface area contributed by atoms with Crippen molar-refractivity contribution in [2.45, 2.75) is 83.0 Å². The molecule has 4 aliphatic rings. The average molecular weight is 444 g/mol.